The van der Waals surface area contributed by atoms with Crippen LogP contribution in [0.3, 0.4) is 0 Å². The highest BCUT2D eigenvalue weighted by atomic mass is 16.5. The zero-order chi connectivity index (χ0) is 19.2. The zero-order valence-electron chi connectivity index (χ0n) is 16.3. The van der Waals surface area contributed by atoms with Crippen LogP contribution < -0.4 is 14.8 Å². The fourth-order valence-electron chi connectivity index (χ4n) is 2.98. The predicted octanol–water partition coefficient (Wildman–Crippen LogP) is 2.93. The van der Waals surface area contributed by atoms with Gasteiger partial charge in [0.2, 0.25) is 5.91 Å². The van der Waals surface area contributed by atoms with Gasteiger partial charge in [-0.3, -0.25) is 4.79 Å². The smallest absolute Gasteiger partial charge is 0.236 e. The third-order valence-corrected chi connectivity index (χ3v) is 4.73. The molecule has 27 heavy (non-hydrogen) atoms. The highest BCUT2D eigenvalue weighted by Gasteiger charge is 2.23. The van der Waals surface area contributed by atoms with Gasteiger partial charge < -0.3 is 24.1 Å². The highest BCUT2D eigenvalue weighted by molar-refractivity contribution is 5.78. The van der Waals surface area contributed by atoms with Gasteiger partial charge in [0.05, 0.1) is 27.3 Å². The van der Waals surface area contributed by atoms with Crippen molar-refractivity contribution in [2.75, 3.05) is 27.3 Å². The Bertz CT molecular complexity index is 767. The summed E-state index contributed by atoms with van der Waals surface area (Å²) >= 11 is 0. The molecular weight excluding hydrogens is 344 g/mol. The van der Waals surface area contributed by atoms with E-state index in [2.05, 4.69) is 5.32 Å². The van der Waals surface area contributed by atoms with Crippen molar-refractivity contribution in [3.05, 3.63) is 47.4 Å². The molecule has 1 N–H and O–H groups in total. The lowest BCUT2D eigenvalue weighted by atomic mass is 10.1. The second-order valence-corrected chi connectivity index (χ2v) is 6.92. The molecule has 146 valence electrons. The summed E-state index contributed by atoms with van der Waals surface area (Å²) in [4.78, 5) is 14.6. The molecule has 0 unspecified atom stereocenters. The van der Waals surface area contributed by atoms with Crippen molar-refractivity contribution in [2.45, 2.75) is 38.8 Å². The lowest BCUT2D eigenvalue weighted by Crippen LogP contribution is -2.39. The molecular formula is C21H28N2O4. The van der Waals surface area contributed by atoms with E-state index in [-0.39, 0.29) is 5.91 Å². The summed E-state index contributed by atoms with van der Waals surface area (Å²) in [6.07, 6.45) is 3.06. The largest absolute Gasteiger partial charge is 0.493 e. The first-order chi connectivity index (χ1) is 13.1. The Morgan fingerprint density at radius 3 is 2.59 bits per heavy atom. The first-order valence-corrected chi connectivity index (χ1v) is 9.36. The third kappa shape index (κ3) is 5.50. The van der Waals surface area contributed by atoms with Crippen molar-refractivity contribution < 1.29 is 18.7 Å². The van der Waals surface area contributed by atoms with Crippen LogP contribution in [0.15, 0.2) is 34.7 Å². The molecule has 1 aliphatic rings. The molecule has 0 saturated heterocycles. The fraction of sp³-hybridized carbons (Fsp3) is 0.476. The number of nitrogens with zero attached hydrogens (tertiary/aromatic N) is 1. The second-order valence-electron chi connectivity index (χ2n) is 6.92. The number of amides is 1. The SMILES string of the molecule is COc1ccc(CCN(Cc2ccc(C)o2)C(=O)CNC2CC2)cc1OC. The average molecular weight is 372 g/mol. The van der Waals surface area contributed by atoms with Gasteiger partial charge in [-0.15, -0.1) is 0 Å². The van der Waals surface area contributed by atoms with Crippen molar-refractivity contribution >= 4 is 5.91 Å². The van der Waals surface area contributed by atoms with E-state index in [1.807, 2.05) is 42.2 Å². The number of carbonyl (C=O) groups excluding carboxylic acids is 1. The number of furan rings is 1. The van der Waals surface area contributed by atoms with Gasteiger partial charge in [-0.1, -0.05) is 6.07 Å². The summed E-state index contributed by atoms with van der Waals surface area (Å²) in [5, 5.41) is 3.30. The molecule has 3 rings (SSSR count). The van der Waals surface area contributed by atoms with Crippen molar-refractivity contribution in [3.8, 4) is 11.5 Å². The lowest BCUT2D eigenvalue weighted by molar-refractivity contribution is -0.131. The van der Waals surface area contributed by atoms with Crippen LogP contribution in [0.4, 0.5) is 0 Å². The Kier molecular flexibility index (Phi) is 6.40. The van der Waals surface area contributed by atoms with E-state index in [0.29, 0.717) is 37.2 Å². The van der Waals surface area contributed by atoms with Gasteiger partial charge >= 0.3 is 0 Å². The van der Waals surface area contributed by atoms with Crippen LogP contribution in [0.25, 0.3) is 0 Å². The quantitative estimate of drug-likeness (QED) is 0.695. The van der Waals surface area contributed by atoms with Gasteiger partial charge in [0.1, 0.15) is 11.5 Å². The van der Waals surface area contributed by atoms with E-state index in [0.717, 1.165) is 36.3 Å². The molecule has 6 nitrogen and oxygen atoms in total. The standard InChI is InChI=1S/C21H28N2O4/c1-15-4-8-18(27-15)14-23(21(24)13-22-17-6-7-17)11-10-16-5-9-19(25-2)20(12-16)26-3/h4-5,8-9,12,17,22H,6-7,10-11,13-14H2,1-3H3. The van der Waals surface area contributed by atoms with Gasteiger partial charge in [-0.05, 0) is 56.0 Å². The molecule has 0 atom stereocenters. The van der Waals surface area contributed by atoms with E-state index in [4.69, 9.17) is 13.9 Å². The summed E-state index contributed by atoms with van der Waals surface area (Å²) in [6.45, 7) is 3.37. The molecule has 2 aromatic rings. The van der Waals surface area contributed by atoms with Gasteiger partial charge in [0, 0.05) is 12.6 Å². The number of aryl methyl sites for hydroxylation is 1. The zero-order valence-corrected chi connectivity index (χ0v) is 16.3. The monoisotopic (exact) mass is 372 g/mol. The third-order valence-electron chi connectivity index (χ3n) is 4.73. The Morgan fingerprint density at radius 2 is 1.96 bits per heavy atom. The molecule has 6 heteroatoms. The minimum absolute atomic E-state index is 0.0939. The number of benzene rings is 1. The van der Waals surface area contributed by atoms with Gasteiger partial charge in [0.25, 0.3) is 0 Å². The first-order valence-electron chi connectivity index (χ1n) is 9.36. The summed E-state index contributed by atoms with van der Waals surface area (Å²) in [6, 6.07) is 10.2. The van der Waals surface area contributed by atoms with Crippen LogP contribution in [0.5, 0.6) is 11.5 Å². The van der Waals surface area contributed by atoms with Crippen molar-refractivity contribution in [1.82, 2.24) is 10.2 Å². The van der Waals surface area contributed by atoms with Crippen molar-refractivity contribution in [2.24, 2.45) is 0 Å². The topological polar surface area (TPSA) is 63.9 Å². The number of nitrogens with one attached hydrogen (secondary N) is 1. The maximum atomic E-state index is 12.7. The number of carbonyl (C=O) groups is 1. The molecule has 1 aromatic carbocycles. The normalized spacial score (nSPS) is 13.4. The van der Waals surface area contributed by atoms with Crippen LogP contribution in [-0.2, 0) is 17.8 Å². The molecule has 1 aliphatic carbocycles. The van der Waals surface area contributed by atoms with Gasteiger partial charge in [-0.25, -0.2) is 0 Å². The molecule has 1 amide bonds. The number of methoxy groups -OCH3 is 2. The molecule has 0 radical (unpaired) electrons. The number of rotatable bonds is 10. The molecule has 0 bridgehead atoms. The van der Waals surface area contributed by atoms with Crippen LogP contribution in [-0.4, -0.2) is 44.2 Å². The van der Waals surface area contributed by atoms with Crippen molar-refractivity contribution in [3.63, 3.8) is 0 Å². The summed E-state index contributed by atoms with van der Waals surface area (Å²) in [5.41, 5.74) is 1.09. The minimum atomic E-state index is 0.0939. The van der Waals surface area contributed by atoms with Crippen LogP contribution in [0.1, 0.15) is 29.9 Å². The highest BCUT2D eigenvalue weighted by Crippen LogP contribution is 2.27. The van der Waals surface area contributed by atoms with Crippen LogP contribution >= 0.6 is 0 Å². The van der Waals surface area contributed by atoms with Crippen LogP contribution in [0.2, 0.25) is 0 Å². The predicted molar refractivity (Wildman–Crippen MR) is 103 cm³/mol. The average Bonchev–Trinajstić information content (AvgIpc) is 3.43. The molecule has 1 heterocycles. The van der Waals surface area contributed by atoms with E-state index < -0.39 is 0 Å². The second kappa shape index (κ2) is 8.95. The lowest BCUT2D eigenvalue weighted by Gasteiger charge is -2.22. The summed E-state index contributed by atoms with van der Waals surface area (Å²) in [7, 11) is 3.25. The molecule has 1 aromatic heterocycles. The Morgan fingerprint density at radius 1 is 1.19 bits per heavy atom. The maximum absolute atomic E-state index is 12.7. The summed E-state index contributed by atoms with van der Waals surface area (Å²) < 4.78 is 16.3. The number of ether oxygens (including phenoxy) is 2. The number of hydrogen-bond donors (Lipinski definition) is 1. The summed E-state index contributed by atoms with van der Waals surface area (Å²) in [5.74, 6) is 3.16. The van der Waals surface area contributed by atoms with Crippen molar-refractivity contribution in [1.29, 1.82) is 0 Å². The van der Waals surface area contributed by atoms with Crippen LogP contribution in [0, 0.1) is 6.92 Å². The minimum Gasteiger partial charge on any atom is -0.493 e. The van der Waals surface area contributed by atoms with E-state index in [1.54, 1.807) is 14.2 Å². The van der Waals surface area contributed by atoms with Gasteiger partial charge in [0.15, 0.2) is 11.5 Å². The van der Waals surface area contributed by atoms with E-state index >= 15 is 0 Å². The fourth-order valence-corrected chi connectivity index (χ4v) is 2.98. The molecule has 1 fully saturated rings. The van der Waals surface area contributed by atoms with E-state index in [1.165, 1.54) is 0 Å². The first kappa shape index (κ1) is 19.3. The van der Waals surface area contributed by atoms with E-state index in [9.17, 15) is 4.79 Å². The Hall–Kier alpha value is -2.47. The Labute approximate surface area is 160 Å². The Balaban J connectivity index is 1.65. The molecule has 0 aliphatic heterocycles. The maximum Gasteiger partial charge on any atom is 0.236 e. The number of hydrogen-bond acceptors (Lipinski definition) is 5. The van der Waals surface area contributed by atoms with Gasteiger partial charge in [-0.2, -0.15) is 0 Å². The molecule has 0 spiro atoms. The molecule has 1 saturated carbocycles.